The lowest BCUT2D eigenvalue weighted by molar-refractivity contribution is 0.222. The van der Waals surface area contributed by atoms with Crippen LogP contribution in [0.1, 0.15) is 0 Å². The van der Waals surface area contributed by atoms with Crippen LogP contribution in [0.2, 0.25) is 0 Å². The van der Waals surface area contributed by atoms with Gasteiger partial charge in [-0.2, -0.15) is 0 Å². The molecule has 0 N–H and O–H groups in total. The maximum atomic E-state index is 6.10. The lowest BCUT2D eigenvalue weighted by Gasteiger charge is -2.19. The summed E-state index contributed by atoms with van der Waals surface area (Å²) >= 11 is 0. The van der Waals surface area contributed by atoms with Gasteiger partial charge in [-0.1, -0.05) is 30.3 Å². The van der Waals surface area contributed by atoms with Crippen molar-refractivity contribution < 1.29 is 4.74 Å². The Kier molecular flexibility index (Phi) is 2.39. The zero-order chi connectivity index (χ0) is 13.5. The van der Waals surface area contributed by atoms with Crippen LogP contribution in [-0.2, 0) is 6.73 Å². The van der Waals surface area contributed by atoms with E-state index in [0.29, 0.717) is 18.2 Å². The van der Waals surface area contributed by atoms with E-state index in [1.54, 1.807) is 6.20 Å². The fraction of sp³-hybridized carbons (Fsp3) is 0.0667. The Morgan fingerprint density at radius 3 is 2.80 bits per heavy atom. The van der Waals surface area contributed by atoms with Crippen LogP contribution in [0.5, 0.6) is 5.88 Å². The molecule has 3 heterocycles. The van der Waals surface area contributed by atoms with E-state index in [4.69, 9.17) is 12.6 Å². The number of fused-ring (bicyclic) bond motifs is 3. The number of imidazole rings is 1. The highest BCUT2D eigenvalue weighted by molar-refractivity contribution is 6.34. The van der Waals surface area contributed by atoms with Crippen molar-refractivity contribution in [1.82, 2.24) is 14.5 Å². The van der Waals surface area contributed by atoms with Gasteiger partial charge in [0.25, 0.3) is 0 Å². The fourth-order valence-corrected chi connectivity index (χ4v) is 2.50. The summed E-state index contributed by atoms with van der Waals surface area (Å²) in [7, 11) is 6.10. The van der Waals surface area contributed by atoms with Crippen molar-refractivity contribution in [2.45, 2.75) is 6.73 Å². The molecule has 0 amide bonds. The molecule has 0 aliphatic carbocycles. The molecule has 0 bridgehead atoms. The van der Waals surface area contributed by atoms with Crippen molar-refractivity contribution in [2.75, 3.05) is 0 Å². The number of pyridine rings is 1. The van der Waals surface area contributed by atoms with Gasteiger partial charge in [0, 0.05) is 11.8 Å². The molecule has 3 aromatic rings. The Labute approximate surface area is 117 Å². The lowest BCUT2D eigenvalue weighted by atomic mass is 9.98. The molecule has 0 fully saturated rings. The molecule has 2 aromatic heterocycles. The molecule has 1 aliphatic rings. The first-order valence-corrected chi connectivity index (χ1v) is 6.34. The number of hydrogen-bond acceptors (Lipinski definition) is 3. The SMILES string of the molecule is [B]c1nc2n(c1-c1ccccc1)COc1ncccc1-2. The average Bonchev–Trinajstić information content (AvgIpc) is 2.84. The van der Waals surface area contributed by atoms with E-state index in [1.165, 1.54) is 0 Å². The molecule has 0 saturated carbocycles. The Balaban J connectivity index is 1.97. The van der Waals surface area contributed by atoms with Gasteiger partial charge < -0.3 is 4.74 Å². The predicted molar refractivity (Wildman–Crippen MR) is 76.9 cm³/mol. The second-order valence-corrected chi connectivity index (χ2v) is 4.59. The van der Waals surface area contributed by atoms with E-state index in [2.05, 4.69) is 9.97 Å². The van der Waals surface area contributed by atoms with Crippen LogP contribution in [-0.4, -0.2) is 22.4 Å². The van der Waals surface area contributed by atoms with E-state index >= 15 is 0 Å². The zero-order valence-corrected chi connectivity index (χ0v) is 10.7. The first kappa shape index (κ1) is 11.3. The summed E-state index contributed by atoms with van der Waals surface area (Å²) in [4.78, 5) is 8.70. The number of ether oxygens (including phenoxy) is 1. The Bertz CT molecular complexity index is 783. The number of aromatic nitrogens is 3. The van der Waals surface area contributed by atoms with Crippen molar-refractivity contribution in [2.24, 2.45) is 0 Å². The summed E-state index contributed by atoms with van der Waals surface area (Å²) in [6.07, 6.45) is 1.71. The van der Waals surface area contributed by atoms with Crippen molar-refractivity contribution in [1.29, 1.82) is 0 Å². The molecular weight excluding hydrogens is 249 g/mol. The standard InChI is InChI=1S/C15H10BN3O/c16-13-12(10-5-2-1-3-6-10)19-9-20-15-11(14(19)18-13)7-4-8-17-15/h1-8H,9H2. The largest absolute Gasteiger partial charge is 0.455 e. The summed E-state index contributed by atoms with van der Waals surface area (Å²) in [5, 5.41) is 0. The van der Waals surface area contributed by atoms with Crippen LogP contribution >= 0.6 is 0 Å². The smallest absolute Gasteiger partial charge is 0.226 e. The summed E-state index contributed by atoms with van der Waals surface area (Å²) in [6.45, 7) is 0.369. The molecule has 2 radical (unpaired) electrons. The normalized spacial score (nSPS) is 12.4. The topological polar surface area (TPSA) is 39.9 Å². The maximum Gasteiger partial charge on any atom is 0.226 e. The van der Waals surface area contributed by atoms with Crippen molar-refractivity contribution in [3.05, 3.63) is 48.7 Å². The van der Waals surface area contributed by atoms with E-state index in [-0.39, 0.29) is 0 Å². The predicted octanol–water partition coefficient (Wildman–Crippen LogP) is 1.76. The molecule has 1 aromatic carbocycles. The molecule has 94 valence electrons. The van der Waals surface area contributed by atoms with Gasteiger partial charge >= 0.3 is 0 Å². The Hall–Kier alpha value is -2.56. The third-order valence-electron chi connectivity index (χ3n) is 3.38. The number of benzene rings is 1. The molecule has 5 heteroatoms. The highest BCUT2D eigenvalue weighted by Gasteiger charge is 2.24. The van der Waals surface area contributed by atoms with Crippen LogP contribution in [0.25, 0.3) is 22.6 Å². The van der Waals surface area contributed by atoms with Crippen LogP contribution in [0.15, 0.2) is 48.7 Å². The molecule has 20 heavy (non-hydrogen) atoms. The first-order valence-electron chi connectivity index (χ1n) is 6.34. The highest BCUT2D eigenvalue weighted by Crippen LogP contribution is 2.33. The molecular formula is C15H10BN3O. The summed E-state index contributed by atoms with van der Waals surface area (Å²) in [5.41, 5.74) is 3.29. The molecule has 0 saturated heterocycles. The van der Waals surface area contributed by atoms with Gasteiger partial charge in [0.05, 0.1) is 11.3 Å². The van der Waals surface area contributed by atoms with Crippen molar-refractivity contribution in [3.63, 3.8) is 0 Å². The van der Waals surface area contributed by atoms with Gasteiger partial charge in [-0.25, -0.2) is 9.97 Å². The van der Waals surface area contributed by atoms with E-state index < -0.39 is 0 Å². The number of nitrogens with zero attached hydrogens (tertiary/aromatic N) is 3. The summed E-state index contributed by atoms with van der Waals surface area (Å²) < 4.78 is 7.66. The molecule has 4 rings (SSSR count). The van der Waals surface area contributed by atoms with Gasteiger partial charge in [-0.05, 0) is 17.7 Å². The van der Waals surface area contributed by atoms with Crippen LogP contribution in [0.3, 0.4) is 0 Å². The van der Waals surface area contributed by atoms with Crippen LogP contribution < -0.4 is 10.3 Å². The van der Waals surface area contributed by atoms with Crippen LogP contribution in [0, 0.1) is 0 Å². The molecule has 0 atom stereocenters. The van der Waals surface area contributed by atoms with Crippen LogP contribution in [0.4, 0.5) is 0 Å². The van der Waals surface area contributed by atoms with Gasteiger partial charge in [0.15, 0.2) is 6.73 Å². The second-order valence-electron chi connectivity index (χ2n) is 4.59. The van der Waals surface area contributed by atoms with Crippen molar-refractivity contribution >= 4 is 13.4 Å². The Morgan fingerprint density at radius 1 is 1.10 bits per heavy atom. The lowest BCUT2D eigenvalue weighted by Crippen LogP contribution is -2.15. The molecule has 1 aliphatic heterocycles. The van der Waals surface area contributed by atoms with E-state index in [9.17, 15) is 0 Å². The van der Waals surface area contributed by atoms with Gasteiger partial charge in [0.2, 0.25) is 5.88 Å². The van der Waals surface area contributed by atoms with Gasteiger partial charge in [0.1, 0.15) is 13.7 Å². The van der Waals surface area contributed by atoms with E-state index in [1.807, 2.05) is 47.0 Å². The number of rotatable bonds is 1. The first-order chi connectivity index (χ1) is 9.84. The fourth-order valence-electron chi connectivity index (χ4n) is 2.50. The Morgan fingerprint density at radius 2 is 1.95 bits per heavy atom. The summed E-state index contributed by atoms with van der Waals surface area (Å²) in [6, 6.07) is 13.8. The average molecular weight is 259 g/mol. The van der Waals surface area contributed by atoms with Gasteiger partial charge in [-0.3, -0.25) is 4.57 Å². The molecule has 4 nitrogen and oxygen atoms in total. The zero-order valence-electron chi connectivity index (χ0n) is 10.7. The third kappa shape index (κ3) is 1.56. The molecule has 0 spiro atoms. The second kappa shape index (κ2) is 4.23. The maximum absolute atomic E-state index is 6.10. The minimum atomic E-state index is 0.369. The minimum Gasteiger partial charge on any atom is -0.455 e. The summed E-state index contributed by atoms with van der Waals surface area (Å²) in [5.74, 6) is 1.40. The number of hydrogen-bond donors (Lipinski definition) is 0. The minimum absolute atomic E-state index is 0.369. The van der Waals surface area contributed by atoms with Crippen molar-refractivity contribution in [3.8, 4) is 28.5 Å². The quantitative estimate of drug-likeness (QED) is 0.625. The van der Waals surface area contributed by atoms with E-state index in [0.717, 1.165) is 22.6 Å². The highest BCUT2D eigenvalue weighted by atomic mass is 16.5. The van der Waals surface area contributed by atoms with Gasteiger partial charge in [-0.15, -0.1) is 0 Å². The monoisotopic (exact) mass is 259 g/mol. The third-order valence-corrected chi connectivity index (χ3v) is 3.38. The molecule has 0 unspecified atom stereocenters.